The highest BCUT2D eigenvalue weighted by Crippen LogP contribution is 2.42. The number of guanidine groups is 1. The molecule has 1 saturated carbocycles. The Labute approximate surface area is 176 Å². The van der Waals surface area contributed by atoms with E-state index in [4.69, 9.17) is 14.2 Å². The van der Waals surface area contributed by atoms with Gasteiger partial charge in [0.2, 0.25) is 0 Å². The molecule has 1 aliphatic carbocycles. The molecule has 1 aliphatic heterocycles. The van der Waals surface area contributed by atoms with Crippen LogP contribution in [0.3, 0.4) is 0 Å². The lowest BCUT2D eigenvalue weighted by Crippen LogP contribution is -2.63. The Morgan fingerprint density at radius 3 is 2.73 bits per heavy atom. The van der Waals surface area contributed by atoms with E-state index in [0.29, 0.717) is 25.4 Å². The molecule has 1 saturated heterocycles. The fourth-order valence-electron chi connectivity index (χ4n) is 3.37. The summed E-state index contributed by atoms with van der Waals surface area (Å²) in [5, 5.41) is 6.86. The van der Waals surface area contributed by atoms with Crippen LogP contribution in [0.4, 0.5) is 0 Å². The second kappa shape index (κ2) is 12.4. The lowest BCUT2D eigenvalue weighted by Gasteiger charge is -2.52. The lowest BCUT2D eigenvalue weighted by molar-refractivity contribution is -0.113. The first-order valence-electron chi connectivity index (χ1n) is 9.86. The van der Waals surface area contributed by atoms with Crippen molar-refractivity contribution in [2.45, 2.75) is 71.1 Å². The van der Waals surface area contributed by atoms with Crippen LogP contribution in [0.15, 0.2) is 4.99 Å². The zero-order valence-electron chi connectivity index (χ0n) is 16.9. The first-order valence-corrected chi connectivity index (χ1v) is 9.86. The van der Waals surface area contributed by atoms with Gasteiger partial charge in [0, 0.05) is 38.3 Å². The number of rotatable bonds is 10. The van der Waals surface area contributed by atoms with Crippen molar-refractivity contribution in [3.8, 4) is 0 Å². The molecule has 2 N–H and O–H groups in total. The lowest BCUT2D eigenvalue weighted by atomic mass is 9.64. The Kier molecular flexibility index (Phi) is 11.4. The van der Waals surface area contributed by atoms with E-state index in [1.807, 2.05) is 7.05 Å². The molecule has 0 bridgehead atoms. The first kappa shape index (κ1) is 23.9. The number of aliphatic imine (C=N–C) groups is 1. The molecule has 2 fully saturated rings. The van der Waals surface area contributed by atoms with Gasteiger partial charge in [-0.15, -0.1) is 24.0 Å². The van der Waals surface area contributed by atoms with Gasteiger partial charge in [-0.3, -0.25) is 4.99 Å². The largest absolute Gasteiger partial charge is 0.378 e. The van der Waals surface area contributed by atoms with Crippen LogP contribution >= 0.6 is 24.0 Å². The van der Waals surface area contributed by atoms with Crippen LogP contribution in [0, 0.1) is 5.41 Å². The standard InChI is InChI=1S/C19H37N3O3.HI/c1-5-6-10-25-17-13-16(19(17,2)3)22-18(20-4)21-9-12-23-14-15-8-7-11-24-15;/h15-17H,5-14H2,1-4H3,(H2,20,21,22);1H. The van der Waals surface area contributed by atoms with Gasteiger partial charge in [-0.05, 0) is 25.7 Å². The fourth-order valence-corrected chi connectivity index (χ4v) is 3.37. The summed E-state index contributed by atoms with van der Waals surface area (Å²) in [4.78, 5) is 4.32. The van der Waals surface area contributed by atoms with E-state index < -0.39 is 0 Å². The summed E-state index contributed by atoms with van der Waals surface area (Å²) < 4.78 is 17.2. The van der Waals surface area contributed by atoms with Crippen molar-refractivity contribution < 1.29 is 14.2 Å². The molecule has 0 amide bonds. The summed E-state index contributed by atoms with van der Waals surface area (Å²) in [5.41, 5.74) is 0.127. The van der Waals surface area contributed by atoms with Gasteiger partial charge in [-0.1, -0.05) is 27.2 Å². The monoisotopic (exact) mass is 483 g/mol. The smallest absolute Gasteiger partial charge is 0.191 e. The molecule has 0 spiro atoms. The van der Waals surface area contributed by atoms with Gasteiger partial charge in [-0.25, -0.2) is 0 Å². The zero-order valence-corrected chi connectivity index (χ0v) is 19.2. The van der Waals surface area contributed by atoms with Gasteiger partial charge in [0.05, 0.1) is 25.4 Å². The van der Waals surface area contributed by atoms with Crippen LogP contribution in [0.25, 0.3) is 0 Å². The SMILES string of the molecule is CCCCOC1CC(NC(=NC)NCCOCC2CCCO2)C1(C)C.I. The minimum Gasteiger partial charge on any atom is -0.378 e. The Morgan fingerprint density at radius 1 is 1.31 bits per heavy atom. The van der Waals surface area contributed by atoms with Crippen molar-refractivity contribution in [3.05, 3.63) is 0 Å². The molecule has 0 aromatic rings. The van der Waals surface area contributed by atoms with Crippen molar-refractivity contribution in [1.82, 2.24) is 10.6 Å². The molecular formula is C19H38IN3O3. The van der Waals surface area contributed by atoms with Gasteiger partial charge in [0.1, 0.15) is 0 Å². The fraction of sp³-hybridized carbons (Fsp3) is 0.947. The van der Waals surface area contributed by atoms with Gasteiger partial charge in [0.25, 0.3) is 0 Å². The second-order valence-electron chi connectivity index (χ2n) is 7.68. The van der Waals surface area contributed by atoms with Crippen molar-refractivity contribution in [1.29, 1.82) is 0 Å². The summed E-state index contributed by atoms with van der Waals surface area (Å²) in [7, 11) is 1.81. The van der Waals surface area contributed by atoms with Crippen molar-refractivity contribution >= 4 is 29.9 Å². The molecule has 0 aromatic carbocycles. The maximum Gasteiger partial charge on any atom is 0.191 e. The average molecular weight is 483 g/mol. The molecule has 154 valence electrons. The number of nitrogens with zero attached hydrogens (tertiary/aromatic N) is 1. The van der Waals surface area contributed by atoms with E-state index in [2.05, 4.69) is 36.4 Å². The first-order chi connectivity index (χ1) is 12.1. The molecule has 1 heterocycles. The van der Waals surface area contributed by atoms with E-state index >= 15 is 0 Å². The van der Waals surface area contributed by atoms with E-state index in [9.17, 15) is 0 Å². The summed E-state index contributed by atoms with van der Waals surface area (Å²) in [6.07, 6.45) is 6.26. The predicted molar refractivity (Wildman–Crippen MR) is 117 cm³/mol. The van der Waals surface area contributed by atoms with E-state index in [1.54, 1.807) is 0 Å². The molecule has 0 aromatic heterocycles. The molecule has 0 radical (unpaired) electrons. The summed E-state index contributed by atoms with van der Waals surface area (Å²) in [6.45, 7) is 10.6. The third-order valence-corrected chi connectivity index (χ3v) is 5.40. The number of nitrogens with one attached hydrogen (secondary N) is 2. The number of unbranched alkanes of at least 4 members (excludes halogenated alkanes) is 1. The highest BCUT2D eigenvalue weighted by Gasteiger charge is 2.49. The normalized spacial score (nSPS) is 27.5. The third kappa shape index (κ3) is 7.13. The maximum atomic E-state index is 6.01. The van der Waals surface area contributed by atoms with Gasteiger partial charge < -0.3 is 24.8 Å². The third-order valence-electron chi connectivity index (χ3n) is 5.40. The van der Waals surface area contributed by atoms with Gasteiger partial charge >= 0.3 is 0 Å². The molecule has 6 nitrogen and oxygen atoms in total. The molecular weight excluding hydrogens is 445 g/mol. The van der Waals surface area contributed by atoms with Crippen LogP contribution in [0.1, 0.15) is 52.9 Å². The number of hydrogen-bond acceptors (Lipinski definition) is 4. The zero-order chi connectivity index (χ0) is 18.1. The molecule has 26 heavy (non-hydrogen) atoms. The Morgan fingerprint density at radius 2 is 2.12 bits per heavy atom. The quantitative estimate of drug-likeness (QED) is 0.217. The van der Waals surface area contributed by atoms with E-state index in [1.165, 1.54) is 6.42 Å². The molecule has 2 aliphatic rings. The highest BCUT2D eigenvalue weighted by atomic mass is 127. The summed E-state index contributed by atoms with van der Waals surface area (Å²) in [5.74, 6) is 0.839. The van der Waals surface area contributed by atoms with Crippen LogP contribution in [-0.2, 0) is 14.2 Å². The average Bonchev–Trinajstić information content (AvgIpc) is 3.11. The minimum atomic E-state index is 0. The predicted octanol–water partition coefficient (Wildman–Crippen LogP) is 2.95. The van der Waals surface area contributed by atoms with Crippen LogP contribution in [0.5, 0.6) is 0 Å². The summed E-state index contributed by atoms with van der Waals surface area (Å²) in [6, 6.07) is 0.387. The minimum absolute atomic E-state index is 0. The van der Waals surface area contributed by atoms with Crippen molar-refractivity contribution in [3.63, 3.8) is 0 Å². The van der Waals surface area contributed by atoms with Crippen LogP contribution in [0.2, 0.25) is 0 Å². The van der Waals surface area contributed by atoms with Crippen molar-refractivity contribution in [2.75, 3.05) is 40.0 Å². The van der Waals surface area contributed by atoms with E-state index in [-0.39, 0.29) is 35.5 Å². The Bertz CT molecular complexity index is 415. The number of halogens is 1. The molecule has 2 rings (SSSR count). The molecule has 3 atom stereocenters. The summed E-state index contributed by atoms with van der Waals surface area (Å²) >= 11 is 0. The number of ether oxygens (including phenoxy) is 3. The Balaban J connectivity index is 0.00000338. The topological polar surface area (TPSA) is 64.1 Å². The van der Waals surface area contributed by atoms with Crippen LogP contribution in [-0.4, -0.2) is 64.2 Å². The number of hydrogen-bond donors (Lipinski definition) is 2. The van der Waals surface area contributed by atoms with Crippen LogP contribution < -0.4 is 10.6 Å². The Hall–Kier alpha value is -0.120. The second-order valence-corrected chi connectivity index (χ2v) is 7.68. The van der Waals surface area contributed by atoms with Gasteiger partial charge in [-0.2, -0.15) is 0 Å². The highest BCUT2D eigenvalue weighted by molar-refractivity contribution is 14.0. The van der Waals surface area contributed by atoms with E-state index in [0.717, 1.165) is 51.4 Å². The molecule has 3 unspecified atom stereocenters. The molecule has 7 heteroatoms. The van der Waals surface area contributed by atoms with Crippen molar-refractivity contribution in [2.24, 2.45) is 10.4 Å². The van der Waals surface area contributed by atoms with Gasteiger partial charge in [0.15, 0.2) is 5.96 Å². The maximum absolute atomic E-state index is 6.01.